The second-order valence-electron chi connectivity index (χ2n) is 15.1. The molecule has 222 valence electrons. The number of aliphatic hydroxyl groups is 1. The van der Waals surface area contributed by atoms with Crippen molar-refractivity contribution in [3.05, 3.63) is 24.3 Å². The van der Waals surface area contributed by atoms with Crippen molar-refractivity contribution in [3.8, 4) is 0 Å². The number of carbonyl (C=O) groups is 1. The largest absolute Gasteiger partial charge is 0.368 e. The molecule has 8 unspecified atom stereocenters. The van der Waals surface area contributed by atoms with E-state index in [1.165, 1.54) is 76.6 Å². The zero-order chi connectivity index (χ0) is 28.3. The van der Waals surface area contributed by atoms with E-state index in [1.54, 1.807) is 6.20 Å². The van der Waals surface area contributed by atoms with E-state index in [0.29, 0.717) is 34.8 Å². The maximum atomic E-state index is 12.7. The van der Waals surface area contributed by atoms with E-state index in [0.717, 1.165) is 31.6 Å². The maximum absolute atomic E-state index is 12.7. The van der Waals surface area contributed by atoms with Crippen molar-refractivity contribution >= 4 is 5.91 Å². The van der Waals surface area contributed by atoms with Gasteiger partial charge >= 0.3 is 0 Å². The van der Waals surface area contributed by atoms with Gasteiger partial charge in [0.2, 0.25) is 5.91 Å². The maximum Gasteiger partial charge on any atom is 0.225 e. The van der Waals surface area contributed by atoms with E-state index >= 15 is 0 Å². The molecular formula is C33H53N5O2. The van der Waals surface area contributed by atoms with Crippen molar-refractivity contribution in [1.29, 1.82) is 0 Å². The molecule has 5 saturated carbocycles. The van der Waals surface area contributed by atoms with Crippen LogP contribution in [0, 0.1) is 46.3 Å². The Bertz CT molecular complexity index is 1090. The molecule has 0 bridgehead atoms. The molecule has 7 nitrogen and oxygen atoms in total. The molecule has 11 atom stereocenters. The molecule has 1 heterocycles. The van der Waals surface area contributed by atoms with Crippen LogP contribution in [0.3, 0.4) is 0 Å². The van der Waals surface area contributed by atoms with Crippen LogP contribution in [-0.4, -0.2) is 32.1 Å². The average molecular weight is 552 g/mol. The normalized spacial score (nSPS) is 46.5. The minimum Gasteiger partial charge on any atom is -0.368 e. The Labute approximate surface area is 241 Å². The number of carbonyl (C=O) groups excluding carboxylic acids is 1. The molecule has 0 saturated heterocycles. The Morgan fingerprint density at radius 3 is 2.62 bits per heavy atom. The number of aliphatic hydroxyl groups excluding tert-OH is 1. The van der Waals surface area contributed by atoms with Gasteiger partial charge in [-0.05, 0) is 105 Å². The van der Waals surface area contributed by atoms with E-state index < -0.39 is 6.23 Å². The van der Waals surface area contributed by atoms with Gasteiger partial charge in [-0.2, -0.15) is 0 Å². The second kappa shape index (κ2) is 10.3. The first-order valence-corrected chi connectivity index (χ1v) is 16.4. The topological polar surface area (TPSA) is 127 Å². The van der Waals surface area contributed by atoms with Gasteiger partial charge in [0, 0.05) is 29.4 Å². The predicted octanol–water partition coefficient (Wildman–Crippen LogP) is 5.24. The van der Waals surface area contributed by atoms with Crippen LogP contribution in [0.1, 0.15) is 123 Å². The fraction of sp³-hybridized carbons (Fsp3) is 0.848. The first-order chi connectivity index (χ1) is 19.1. The summed E-state index contributed by atoms with van der Waals surface area (Å²) < 4.78 is 0. The molecule has 0 aliphatic heterocycles. The summed E-state index contributed by atoms with van der Waals surface area (Å²) in [7, 11) is 0. The van der Waals surface area contributed by atoms with Crippen LogP contribution in [-0.2, 0) is 4.79 Å². The molecule has 0 aromatic carbocycles. The van der Waals surface area contributed by atoms with Gasteiger partial charge in [-0.1, -0.05) is 46.5 Å². The minimum absolute atomic E-state index is 0.0157. The summed E-state index contributed by atoms with van der Waals surface area (Å²) in [6, 6.07) is 0. The Kier molecular flexibility index (Phi) is 7.35. The number of fused-ring (bicyclic) bond motifs is 5. The first-order valence-electron chi connectivity index (χ1n) is 16.4. The molecule has 7 heteroatoms. The lowest BCUT2D eigenvalue weighted by Gasteiger charge is -2.70. The Morgan fingerprint density at radius 2 is 1.88 bits per heavy atom. The molecule has 5 aliphatic carbocycles. The fourth-order valence-electron chi connectivity index (χ4n) is 11.2. The first kappa shape index (κ1) is 28.5. The van der Waals surface area contributed by atoms with Crippen molar-refractivity contribution in [2.75, 3.05) is 0 Å². The van der Waals surface area contributed by atoms with Crippen LogP contribution in [0.2, 0.25) is 0 Å². The van der Waals surface area contributed by atoms with Gasteiger partial charge in [0.15, 0.2) is 6.23 Å². The molecule has 1 amide bonds. The standard InChI is InChI=1S/C33H53N5O2/c1-4-22-19-32(34)26-11-10-23(30(26,2)15-12-27(32)31(3)13-5-6-14-33(22,31)35)9-7-8-21-18-24(21)28(39)38-29(40)25-20-36-16-17-37-25/h16-17,20-24,26-27,29,40H,4-15,18-19,34-35H2,1-3H3,(H,38,39)/t21?,22-,23-,24?,26?,27+,29?,30?,31?,32?,33?/m0/s1. The average Bonchev–Trinajstić information content (AvgIpc) is 3.63. The third-order valence-corrected chi connectivity index (χ3v) is 13.5. The lowest BCUT2D eigenvalue weighted by atomic mass is 9.38. The fourth-order valence-corrected chi connectivity index (χ4v) is 11.2. The number of amides is 1. The van der Waals surface area contributed by atoms with Crippen molar-refractivity contribution in [1.82, 2.24) is 15.3 Å². The quantitative estimate of drug-likeness (QED) is 0.327. The van der Waals surface area contributed by atoms with Gasteiger partial charge in [-0.3, -0.25) is 14.8 Å². The highest BCUT2D eigenvalue weighted by atomic mass is 16.3. The third-order valence-electron chi connectivity index (χ3n) is 13.5. The monoisotopic (exact) mass is 551 g/mol. The number of rotatable bonds is 8. The van der Waals surface area contributed by atoms with Gasteiger partial charge < -0.3 is 21.9 Å². The van der Waals surface area contributed by atoms with E-state index in [-0.39, 0.29) is 28.3 Å². The molecule has 6 N–H and O–H groups in total. The third kappa shape index (κ3) is 4.36. The molecule has 1 aromatic rings. The second-order valence-corrected chi connectivity index (χ2v) is 15.1. The van der Waals surface area contributed by atoms with E-state index in [2.05, 4.69) is 36.1 Å². The number of hydrogen-bond donors (Lipinski definition) is 4. The van der Waals surface area contributed by atoms with E-state index in [4.69, 9.17) is 11.5 Å². The number of nitrogens with two attached hydrogens (primary N) is 2. The van der Waals surface area contributed by atoms with Crippen molar-refractivity contribution in [3.63, 3.8) is 0 Å². The summed E-state index contributed by atoms with van der Waals surface area (Å²) in [4.78, 5) is 20.7. The molecule has 0 radical (unpaired) electrons. The van der Waals surface area contributed by atoms with Crippen LogP contribution in [0.4, 0.5) is 0 Å². The molecule has 0 spiro atoms. The van der Waals surface area contributed by atoms with Crippen molar-refractivity contribution in [2.45, 2.75) is 128 Å². The molecule has 1 aromatic heterocycles. The van der Waals surface area contributed by atoms with Crippen LogP contribution in [0.5, 0.6) is 0 Å². The number of hydrogen-bond acceptors (Lipinski definition) is 6. The highest BCUT2D eigenvalue weighted by molar-refractivity contribution is 5.81. The highest BCUT2D eigenvalue weighted by Crippen LogP contribution is 2.70. The Balaban J connectivity index is 1.06. The number of aromatic nitrogens is 2. The molecule has 40 heavy (non-hydrogen) atoms. The number of nitrogens with zero attached hydrogens (tertiary/aromatic N) is 2. The minimum atomic E-state index is -1.09. The molecule has 5 fully saturated rings. The highest BCUT2D eigenvalue weighted by Gasteiger charge is 2.69. The van der Waals surface area contributed by atoms with Crippen LogP contribution >= 0.6 is 0 Å². The van der Waals surface area contributed by atoms with Gasteiger partial charge in [0.05, 0.1) is 6.20 Å². The van der Waals surface area contributed by atoms with E-state index in [9.17, 15) is 9.90 Å². The summed E-state index contributed by atoms with van der Waals surface area (Å²) >= 11 is 0. The lowest BCUT2D eigenvalue weighted by Crippen LogP contribution is -2.77. The lowest BCUT2D eigenvalue weighted by molar-refractivity contribution is -0.160. The van der Waals surface area contributed by atoms with Gasteiger partial charge in [0.25, 0.3) is 0 Å². The summed E-state index contributed by atoms with van der Waals surface area (Å²) in [6.45, 7) is 7.46. The van der Waals surface area contributed by atoms with Crippen LogP contribution < -0.4 is 16.8 Å². The summed E-state index contributed by atoms with van der Waals surface area (Å²) in [5.74, 6) is 2.80. The zero-order valence-electron chi connectivity index (χ0n) is 25.1. The zero-order valence-corrected chi connectivity index (χ0v) is 25.1. The SMILES string of the molecule is CC[C@H]1CC2(N)C3CC[C@H](CCCC4CC4C(=O)NC(O)c4cnccn4)C3(C)CC[C@@H]2C2(C)CCCCC12N. The molecule has 5 aliphatic rings. The summed E-state index contributed by atoms with van der Waals surface area (Å²) in [6.07, 6.45) is 20.3. The van der Waals surface area contributed by atoms with E-state index in [1.807, 2.05) is 0 Å². The smallest absolute Gasteiger partial charge is 0.225 e. The number of nitrogens with one attached hydrogen (secondary N) is 1. The summed E-state index contributed by atoms with van der Waals surface area (Å²) in [5.41, 5.74) is 15.8. The van der Waals surface area contributed by atoms with Gasteiger partial charge in [-0.25, -0.2) is 0 Å². The van der Waals surface area contributed by atoms with Gasteiger partial charge in [-0.15, -0.1) is 0 Å². The van der Waals surface area contributed by atoms with Crippen LogP contribution in [0.25, 0.3) is 0 Å². The summed E-state index contributed by atoms with van der Waals surface area (Å²) in [5, 5.41) is 13.0. The van der Waals surface area contributed by atoms with Gasteiger partial charge in [0.1, 0.15) is 5.69 Å². The van der Waals surface area contributed by atoms with Crippen molar-refractivity contribution < 1.29 is 9.90 Å². The van der Waals surface area contributed by atoms with Crippen LogP contribution in [0.15, 0.2) is 18.6 Å². The molecular weight excluding hydrogens is 498 g/mol. The Morgan fingerprint density at radius 1 is 1.07 bits per heavy atom. The predicted molar refractivity (Wildman–Crippen MR) is 156 cm³/mol. The Hall–Kier alpha value is -1.57. The van der Waals surface area contributed by atoms with Crippen molar-refractivity contribution in [2.24, 2.45) is 57.8 Å². The molecule has 6 rings (SSSR count).